The fourth-order valence-electron chi connectivity index (χ4n) is 1.79. The molecule has 0 amide bonds. The number of oxazole rings is 1. The second-order valence-electron chi connectivity index (χ2n) is 4.26. The first-order valence-corrected chi connectivity index (χ1v) is 5.71. The van der Waals surface area contributed by atoms with Gasteiger partial charge in [-0.15, -0.1) is 4.73 Å². The first kappa shape index (κ1) is 14.2. The van der Waals surface area contributed by atoms with Crippen LogP contribution >= 0.6 is 0 Å². The summed E-state index contributed by atoms with van der Waals surface area (Å²) in [6, 6.07) is 3.34. The third-order valence-corrected chi connectivity index (χ3v) is 3.00. The van der Waals surface area contributed by atoms with Gasteiger partial charge in [0.05, 0.1) is 18.2 Å². The van der Waals surface area contributed by atoms with E-state index in [4.69, 9.17) is 4.42 Å². The molecule has 0 unspecified atom stereocenters. The lowest BCUT2D eigenvalue weighted by molar-refractivity contribution is -0.602. The van der Waals surface area contributed by atoms with Gasteiger partial charge in [0.25, 0.3) is 0 Å². The van der Waals surface area contributed by atoms with E-state index in [0.29, 0.717) is 16.2 Å². The van der Waals surface area contributed by atoms with E-state index < -0.39 is 11.7 Å². The molecule has 1 aromatic heterocycles. The van der Waals surface area contributed by atoms with Crippen molar-refractivity contribution in [2.24, 2.45) is 0 Å². The van der Waals surface area contributed by atoms with Crippen LogP contribution in [-0.2, 0) is 6.18 Å². The van der Waals surface area contributed by atoms with Gasteiger partial charge in [0.15, 0.2) is 5.76 Å². The van der Waals surface area contributed by atoms with Crippen molar-refractivity contribution in [2.75, 3.05) is 7.11 Å². The third-order valence-electron chi connectivity index (χ3n) is 3.00. The van der Waals surface area contributed by atoms with Crippen LogP contribution in [0.1, 0.15) is 17.0 Å². The number of rotatable bonds is 2. The molecule has 0 radical (unpaired) electrons. The highest BCUT2D eigenvalue weighted by Gasteiger charge is 2.35. The van der Waals surface area contributed by atoms with Gasteiger partial charge in [-0.2, -0.15) is 13.2 Å². The number of nitrogens with zero attached hydrogens (tertiary/aromatic N) is 1. The van der Waals surface area contributed by atoms with E-state index in [0.717, 1.165) is 19.2 Å². The standard InChI is InChI=1S/C13H12F3NO3/c1-7-8(2)20-12(17(7)18)9-4-5-11(19-3)10(6-9)13(14,15)16/h4-6H,1-3H3. The Bertz CT molecular complexity index is 647. The van der Waals surface area contributed by atoms with Gasteiger partial charge in [-0.3, -0.25) is 0 Å². The van der Waals surface area contributed by atoms with E-state index in [1.807, 2.05) is 0 Å². The van der Waals surface area contributed by atoms with Crippen molar-refractivity contribution >= 4 is 0 Å². The Kier molecular flexibility index (Phi) is 3.37. The highest BCUT2D eigenvalue weighted by Crippen LogP contribution is 2.38. The van der Waals surface area contributed by atoms with Crippen LogP contribution in [0.15, 0.2) is 22.6 Å². The van der Waals surface area contributed by atoms with Gasteiger partial charge in [-0.1, -0.05) is 0 Å². The van der Waals surface area contributed by atoms with E-state index in [1.54, 1.807) is 6.92 Å². The third kappa shape index (κ3) is 2.31. The molecule has 108 valence electrons. The molecule has 4 nitrogen and oxygen atoms in total. The van der Waals surface area contributed by atoms with Crippen LogP contribution in [0.3, 0.4) is 0 Å². The van der Waals surface area contributed by atoms with Crippen LogP contribution in [0.4, 0.5) is 13.2 Å². The van der Waals surface area contributed by atoms with Crippen molar-refractivity contribution < 1.29 is 27.1 Å². The highest BCUT2D eigenvalue weighted by atomic mass is 19.4. The molecule has 0 aliphatic rings. The molecule has 2 aromatic rings. The normalized spacial score (nSPS) is 11.7. The SMILES string of the molecule is COc1ccc(-c2oc(C)c(C)[n+]2[O-])cc1C(F)(F)F. The van der Waals surface area contributed by atoms with E-state index in [-0.39, 0.29) is 17.2 Å². The summed E-state index contributed by atoms with van der Waals surface area (Å²) in [5.74, 6) is -0.119. The molecular weight excluding hydrogens is 275 g/mol. The molecule has 0 aliphatic carbocycles. The number of alkyl halides is 3. The largest absolute Gasteiger partial charge is 0.616 e. The summed E-state index contributed by atoms with van der Waals surface area (Å²) >= 11 is 0. The van der Waals surface area contributed by atoms with Gasteiger partial charge >= 0.3 is 12.1 Å². The maximum absolute atomic E-state index is 12.9. The molecule has 1 aromatic carbocycles. The van der Waals surface area contributed by atoms with E-state index in [2.05, 4.69) is 4.74 Å². The molecule has 0 saturated heterocycles. The number of aromatic nitrogens is 1. The van der Waals surface area contributed by atoms with Gasteiger partial charge in [-0.25, -0.2) is 0 Å². The number of ether oxygens (including phenoxy) is 1. The molecule has 0 bridgehead atoms. The number of methoxy groups -OCH3 is 1. The van der Waals surface area contributed by atoms with Crippen molar-refractivity contribution in [3.05, 3.63) is 40.4 Å². The van der Waals surface area contributed by atoms with Crippen LogP contribution in [-0.4, -0.2) is 7.11 Å². The first-order valence-electron chi connectivity index (χ1n) is 5.71. The minimum Gasteiger partial charge on any atom is -0.616 e. The van der Waals surface area contributed by atoms with Gasteiger partial charge in [0.2, 0.25) is 5.69 Å². The van der Waals surface area contributed by atoms with Crippen molar-refractivity contribution in [2.45, 2.75) is 20.0 Å². The number of hydrogen-bond donors (Lipinski definition) is 0. The first-order chi connectivity index (χ1) is 9.25. The molecule has 0 fully saturated rings. The molecule has 1 heterocycles. The van der Waals surface area contributed by atoms with Crippen LogP contribution in [0.25, 0.3) is 11.5 Å². The maximum Gasteiger partial charge on any atom is 0.419 e. The van der Waals surface area contributed by atoms with Crippen LogP contribution in [0, 0.1) is 19.1 Å². The lowest BCUT2D eigenvalue weighted by atomic mass is 10.1. The predicted molar refractivity (Wildman–Crippen MR) is 64.1 cm³/mol. The zero-order valence-corrected chi connectivity index (χ0v) is 11.0. The lowest BCUT2D eigenvalue weighted by Gasteiger charge is -2.12. The van der Waals surface area contributed by atoms with Gasteiger partial charge in [0.1, 0.15) is 5.75 Å². The predicted octanol–water partition coefficient (Wildman–Crippen LogP) is 3.22. The quantitative estimate of drug-likeness (QED) is 0.629. The van der Waals surface area contributed by atoms with E-state index in [9.17, 15) is 18.4 Å². The summed E-state index contributed by atoms with van der Waals surface area (Å²) in [5, 5.41) is 11.8. The van der Waals surface area contributed by atoms with Crippen molar-refractivity contribution in [3.8, 4) is 17.2 Å². The summed E-state index contributed by atoms with van der Waals surface area (Å²) in [6.45, 7) is 3.10. The molecule has 7 heteroatoms. The van der Waals surface area contributed by atoms with Gasteiger partial charge in [-0.05, 0) is 18.2 Å². The minimum atomic E-state index is -4.58. The second kappa shape index (κ2) is 4.73. The van der Waals surface area contributed by atoms with Crippen molar-refractivity contribution in [1.29, 1.82) is 0 Å². The number of aryl methyl sites for hydroxylation is 1. The molecule has 0 N–H and O–H groups in total. The van der Waals surface area contributed by atoms with Crippen LogP contribution in [0.5, 0.6) is 5.75 Å². The zero-order valence-electron chi connectivity index (χ0n) is 11.0. The number of halogens is 3. The topological polar surface area (TPSA) is 49.3 Å². The van der Waals surface area contributed by atoms with Gasteiger partial charge < -0.3 is 14.4 Å². The Morgan fingerprint density at radius 2 is 1.90 bits per heavy atom. The smallest absolute Gasteiger partial charge is 0.419 e. The highest BCUT2D eigenvalue weighted by molar-refractivity contribution is 5.56. The fourth-order valence-corrected chi connectivity index (χ4v) is 1.79. The van der Waals surface area contributed by atoms with Crippen molar-refractivity contribution in [1.82, 2.24) is 0 Å². The Morgan fingerprint density at radius 1 is 1.25 bits per heavy atom. The van der Waals surface area contributed by atoms with Gasteiger partial charge in [0, 0.05) is 13.8 Å². The summed E-state index contributed by atoms with van der Waals surface area (Å²) < 4.78 is 49.1. The van der Waals surface area contributed by atoms with E-state index >= 15 is 0 Å². The summed E-state index contributed by atoms with van der Waals surface area (Å²) in [5.41, 5.74) is -0.599. The number of hydrogen-bond acceptors (Lipinski definition) is 3. The zero-order chi connectivity index (χ0) is 15.1. The van der Waals surface area contributed by atoms with Crippen molar-refractivity contribution in [3.63, 3.8) is 0 Å². The Labute approximate surface area is 113 Å². The molecule has 0 spiro atoms. The Hall–Kier alpha value is -2.18. The molecule has 2 rings (SSSR count). The maximum atomic E-state index is 12.9. The molecular formula is C13H12F3NO3. The minimum absolute atomic E-state index is 0.0457. The Balaban J connectivity index is 2.62. The average Bonchev–Trinajstić information content (AvgIpc) is 2.65. The summed E-state index contributed by atoms with van der Waals surface area (Å²) in [4.78, 5) is 0. The number of benzene rings is 1. The second-order valence-corrected chi connectivity index (χ2v) is 4.26. The fraction of sp³-hybridized carbons (Fsp3) is 0.308. The summed E-state index contributed by atoms with van der Waals surface area (Å²) in [6.07, 6.45) is -4.58. The average molecular weight is 287 g/mol. The van der Waals surface area contributed by atoms with E-state index in [1.165, 1.54) is 13.0 Å². The molecule has 0 saturated carbocycles. The molecule has 0 atom stereocenters. The summed E-state index contributed by atoms with van der Waals surface area (Å²) in [7, 11) is 1.15. The lowest BCUT2D eigenvalue weighted by Crippen LogP contribution is -2.29. The van der Waals surface area contributed by atoms with Crippen LogP contribution < -0.4 is 9.47 Å². The van der Waals surface area contributed by atoms with Crippen LogP contribution in [0.2, 0.25) is 0 Å². The Morgan fingerprint density at radius 3 is 2.35 bits per heavy atom. The molecule has 20 heavy (non-hydrogen) atoms. The monoisotopic (exact) mass is 287 g/mol. The molecule has 0 aliphatic heterocycles.